The first-order chi connectivity index (χ1) is 3.18. The van der Waals surface area contributed by atoms with Gasteiger partial charge in [0.2, 0.25) is 0 Å². The van der Waals surface area contributed by atoms with Crippen LogP contribution in [0.4, 0.5) is 0 Å². The Bertz CT molecular complexity index is 47.0. The van der Waals surface area contributed by atoms with Crippen molar-refractivity contribution in [3.05, 3.63) is 0 Å². The van der Waals surface area contributed by atoms with Crippen LogP contribution in [0, 0.1) is 0 Å². The summed E-state index contributed by atoms with van der Waals surface area (Å²) in [6, 6.07) is 0. The summed E-state index contributed by atoms with van der Waals surface area (Å²) in [6.07, 6.45) is 0.701. The lowest BCUT2D eigenvalue weighted by Crippen LogP contribution is -2.11. The van der Waals surface area contributed by atoms with E-state index in [1.165, 1.54) is 0 Å². The van der Waals surface area contributed by atoms with E-state index in [0.29, 0.717) is 6.42 Å². The summed E-state index contributed by atoms with van der Waals surface area (Å²) in [5, 5.41) is 8.15. The third-order valence-electron chi connectivity index (χ3n) is 0.688. The highest BCUT2D eigenvalue weighted by Crippen LogP contribution is 2.09. The Kier molecular flexibility index (Phi) is 3.80. The van der Waals surface area contributed by atoms with Gasteiger partial charge in [0.05, 0.1) is 5.38 Å². The van der Waals surface area contributed by atoms with Crippen molar-refractivity contribution in [3.63, 3.8) is 0 Å². The van der Waals surface area contributed by atoms with Crippen molar-refractivity contribution in [2.24, 2.45) is 0 Å². The van der Waals surface area contributed by atoms with Crippen LogP contribution in [0.25, 0.3) is 0 Å². The molecule has 3 heteroatoms. The molecule has 0 heterocycles. The Morgan fingerprint density at radius 2 is 2.00 bits per heavy atom. The Morgan fingerprint density at radius 1 is 1.57 bits per heavy atom. The maximum atomic E-state index is 8.45. The summed E-state index contributed by atoms with van der Waals surface area (Å²) in [6.45, 7) is 1.86. The predicted octanol–water partition coefficient (Wildman–Crippen LogP) is 1.56. The molecule has 7 heavy (non-hydrogen) atoms. The molecule has 0 aromatic carbocycles. The molecule has 2 atom stereocenters. The SMILES string of the molecule is CCC(Cl)C(O)Cl. The molecule has 0 aliphatic rings. The molecule has 1 N–H and O–H groups in total. The van der Waals surface area contributed by atoms with E-state index >= 15 is 0 Å². The van der Waals surface area contributed by atoms with Crippen LogP contribution in [0.2, 0.25) is 0 Å². The van der Waals surface area contributed by atoms with Crippen LogP contribution in [-0.2, 0) is 0 Å². The van der Waals surface area contributed by atoms with Gasteiger partial charge in [-0.05, 0) is 6.42 Å². The van der Waals surface area contributed by atoms with Crippen molar-refractivity contribution in [2.75, 3.05) is 0 Å². The molecular formula is C4H8Cl2O. The number of aliphatic hydroxyl groups is 1. The Hall–Kier alpha value is 0.540. The molecule has 0 amide bonds. The summed E-state index contributed by atoms with van der Waals surface area (Å²) >= 11 is 10.6. The largest absolute Gasteiger partial charge is 0.376 e. The standard InChI is InChI=1S/C4H8Cl2O/c1-2-3(5)4(6)7/h3-4,7H,2H2,1H3. The van der Waals surface area contributed by atoms with Crippen LogP contribution in [0.15, 0.2) is 0 Å². The summed E-state index contributed by atoms with van der Waals surface area (Å²) < 4.78 is 0. The zero-order chi connectivity index (χ0) is 5.86. The zero-order valence-corrected chi connectivity index (χ0v) is 5.58. The van der Waals surface area contributed by atoms with Gasteiger partial charge < -0.3 is 5.11 Å². The highest BCUT2D eigenvalue weighted by molar-refractivity contribution is 6.29. The molecule has 0 aliphatic heterocycles. The van der Waals surface area contributed by atoms with Gasteiger partial charge in [-0.15, -0.1) is 11.6 Å². The van der Waals surface area contributed by atoms with Gasteiger partial charge in [0.1, 0.15) is 5.56 Å². The van der Waals surface area contributed by atoms with Gasteiger partial charge in [-0.25, -0.2) is 0 Å². The van der Waals surface area contributed by atoms with Crippen LogP contribution in [0.1, 0.15) is 13.3 Å². The van der Waals surface area contributed by atoms with E-state index in [0.717, 1.165) is 0 Å². The molecule has 44 valence electrons. The summed E-state index contributed by atoms with van der Waals surface area (Å²) in [5.74, 6) is 0. The van der Waals surface area contributed by atoms with E-state index < -0.39 is 5.56 Å². The summed E-state index contributed by atoms with van der Waals surface area (Å²) in [7, 11) is 0. The van der Waals surface area contributed by atoms with Crippen molar-refractivity contribution in [1.82, 2.24) is 0 Å². The minimum Gasteiger partial charge on any atom is -0.376 e. The highest BCUT2D eigenvalue weighted by Gasteiger charge is 2.08. The second-order valence-electron chi connectivity index (χ2n) is 1.30. The molecule has 0 aromatic rings. The smallest absolute Gasteiger partial charge is 0.144 e. The lowest BCUT2D eigenvalue weighted by atomic mass is 10.3. The van der Waals surface area contributed by atoms with Crippen molar-refractivity contribution in [3.8, 4) is 0 Å². The van der Waals surface area contributed by atoms with Crippen LogP contribution >= 0.6 is 23.2 Å². The van der Waals surface area contributed by atoms with Crippen molar-refractivity contribution in [1.29, 1.82) is 0 Å². The molecule has 0 fully saturated rings. The van der Waals surface area contributed by atoms with Gasteiger partial charge in [-0.2, -0.15) is 0 Å². The fourth-order valence-corrected chi connectivity index (χ4v) is 0.373. The molecule has 0 aliphatic carbocycles. The van der Waals surface area contributed by atoms with Crippen LogP contribution in [-0.4, -0.2) is 16.0 Å². The fraction of sp³-hybridized carbons (Fsp3) is 1.00. The molecule has 0 saturated carbocycles. The second-order valence-corrected chi connectivity index (χ2v) is 2.30. The van der Waals surface area contributed by atoms with Gasteiger partial charge in [0.15, 0.2) is 0 Å². The highest BCUT2D eigenvalue weighted by atomic mass is 35.5. The topological polar surface area (TPSA) is 20.2 Å². The van der Waals surface area contributed by atoms with Gasteiger partial charge >= 0.3 is 0 Å². The number of hydrogen-bond acceptors (Lipinski definition) is 1. The molecule has 0 rings (SSSR count). The van der Waals surface area contributed by atoms with E-state index in [-0.39, 0.29) is 5.38 Å². The average Bonchev–Trinajstić information content (AvgIpc) is 1.65. The quantitative estimate of drug-likeness (QED) is 0.581. The predicted molar refractivity (Wildman–Crippen MR) is 31.8 cm³/mol. The van der Waals surface area contributed by atoms with Crippen molar-refractivity contribution < 1.29 is 5.11 Å². The second kappa shape index (κ2) is 3.53. The first-order valence-corrected chi connectivity index (χ1v) is 3.02. The number of rotatable bonds is 2. The molecular weight excluding hydrogens is 135 g/mol. The van der Waals surface area contributed by atoms with E-state index in [1.807, 2.05) is 6.92 Å². The minimum atomic E-state index is -0.897. The van der Waals surface area contributed by atoms with Crippen molar-refractivity contribution >= 4 is 23.2 Å². The third-order valence-corrected chi connectivity index (χ3v) is 1.67. The third kappa shape index (κ3) is 3.15. The van der Waals surface area contributed by atoms with Crippen LogP contribution < -0.4 is 0 Å². The Labute approximate surface area is 53.2 Å². The van der Waals surface area contributed by atoms with Gasteiger partial charge in [0, 0.05) is 0 Å². The zero-order valence-electron chi connectivity index (χ0n) is 4.06. The summed E-state index contributed by atoms with van der Waals surface area (Å²) in [5.41, 5.74) is -0.897. The first-order valence-electron chi connectivity index (χ1n) is 2.14. The van der Waals surface area contributed by atoms with E-state index in [2.05, 4.69) is 0 Å². The molecule has 0 aromatic heterocycles. The average molecular weight is 143 g/mol. The molecule has 0 spiro atoms. The Morgan fingerprint density at radius 3 is 2.00 bits per heavy atom. The molecule has 0 bridgehead atoms. The minimum absolute atomic E-state index is 0.304. The van der Waals surface area contributed by atoms with Crippen LogP contribution in [0.5, 0.6) is 0 Å². The fourth-order valence-electron chi connectivity index (χ4n) is 0.194. The van der Waals surface area contributed by atoms with E-state index in [1.54, 1.807) is 0 Å². The van der Waals surface area contributed by atoms with E-state index in [4.69, 9.17) is 28.3 Å². The maximum absolute atomic E-state index is 8.45. The van der Waals surface area contributed by atoms with E-state index in [9.17, 15) is 0 Å². The van der Waals surface area contributed by atoms with Gasteiger partial charge in [-0.1, -0.05) is 18.5 Å². The monoisotopic (exact) mass is 142 g/mol. The van der Waals surface area contributed by atoms with Gasteiger partial charge in [0.25, 0.3) is 0 Å². The normalized spacial score (nSPS) is 18.9. The van der Waals surface area contributed by atoms with Crippen molar-refractivity contribution in [2.45, 2.75) is 24.3 Å². The lowest BCUT2D eigenvalue weighted by molar-refractivity contribution is 0.248. The number of hydrogen-bond donors (Lipinski definition) is 1. The lowest BCUT2D eigenvalue weighted by Gasteiger charge is -2.04. The number of alkyl halides is 2. The molecule has 1 nitrogen and oxygen atoms in total. The van der Waals surface area contributed by atoms with Crippen LogP contribution in [0.3, 0.4) is 0 Å². The first kappa shape index (κ1) is 7.54. The number of aliphatic hydroxyl groups excluding tert-OH is 1. The summed E-state index contributed by atoms with van der Waals surface area (Å²) in [4.78, 5) is 0. The number of halogens is 2. The Balaban J connectivity index is 3.14. The molecule has 0 radical (unpaired) electrons. The maximum Gasteiger partial charge on any atom is 0.144 e. The molecule has 2 unspecified atom stereocenters. The van der Waals surface area contributed by atoms with Gasteiger partial charge in [-0.3, -0.25) is 0 Å². The molecule has 0 saturated heterocycles.